The number of hydrogen-bond donors (Lipinski definition) is 2. The standard InChI is InChI=1S/C15H22N2O/c1-10-6-7-13(11(2)8-10)15(18)17-9-12-4-3-5-14(12)16/h6-8,12,14H,3-5,9,16H2,1-2H3,(H,17,18). The number of benzene rings is 1. The molecule has 1 fully saturated rings. The lowest BCUT2D eigenvalue weighted by Gasteiger charge is -2.16. The van der Waals surface area contributed by atoms with Crippen LogP contribution < -0.4 is 11.1 Å². The largest absolute Gasteiger partial charge is 0.352 e. The van der Waals surface area contributed by atoms with Crippen molar-refractivity contribution < 1.29 is 4.79 Å². The summed E-state index contributed by atoms with van der Waals surface area (Å²) in [6.07, 6.45) is 3.41. The van der Waals surface area contributed by atoms with Crippen LogP contribution in [0.2, 0.25) is 0 Å². The van der Waals surface area contributed by atoms with Gasteiger partial charge in [0.1, 0.15) is 0 Å². The van der Waals surface area contributed by atoms with Gasteiger partial charge in [0, 0.05) is 18.2 Å². The molecular formula is C15H22N2O. The lowest BCUT2D eigenvalue weighted by atomic mass is 10.0. The molecule has 3 nitrogen and oxygen atoms in total. The van der Waals surface area contributed by atoms with Crippen LogP contribution in [0.4, 0.5) is 0 Å². The van der Waals surface area contributed by atoms with Crippen LogP contribution in [0.1, 0.15) is 40.7 Å². The summed E-state index contributed by atoms with van der Waals surface area (Å²) in [7, 11) is 0. The maximum Gasteiger partial charge on any atom is 0.251 e. The number of nitrogens with two attached hydrogens (primary N) is 1. The number of carbonyl (C=O) groups is 1. The fourth-order valence-corrected chi connectivity index (χ4v) is 2.71. The van der Waals surface area contributed by atoms with Gasteiger partial charge in [0.2, 0.25) is 0 Å². The minimum atomic E-state index is 0.0200. The van der Waals surface area contributed by atoms with E-state index in [1.54, 1.807) is 0 Å². The molecule has 98 valence electrons. The van der Waals surface area contributed by atoms with Crippen LogP contribution in [0.3, 0.4) is 0 Å². The smallest absolute Gasteiger partial charge is 0.251 e. The molecule has 0 spiro atoms. The highest BCUT2D eigenvalue weighted by Crippen LogP contribution is 2.23. The molecule has 1 aliphatic rings. The van der Waals surface area contributed by atoms with Gasteiger partial charge in [-0.2, -0.15) is 0 Å². The number of amides is 1. The molecule has 2 atom stereocenters. The fourth-order valence-electron chi connectivity index (χ4n) is 2.71. The van der Waals surface area contributed by atoms with Crippen molar-refractivity contribution in [3.8, 4) is 0 Å². The number of carbonyl (C=O) groups excluding carboxylic acids is 1. The van der Waals surface area contributed by atoms with E-state index in [0.717, 1.165) is 24.0 Å². The SMILES string of the molecule is Cc1ccc(C(=O)NCC2CCCC2N)c(C)c1. The van der Waals surface area contributed by atoms with E-state index in [9.17, 15) is 4.79 Å². The molecule has 1 aromatic carbocycles. The lowest BCUT2D eigenvalue weighted by Crippen LogP contribution is -2.36. The summed E-state index contributed by atoms with van der Waals surface area (Å²) >= 11 is 0. The van der Waals surface area contributed by atoms with E-state index in [1.807, 2.05) is 32.0 Å². The van der Waals surface area contributed by atoms with Gasteiger partial charge in [0.25, 0.3) is 5.91 Å². The molecule has 1 aromatic rings. The van der Waals surface area contributed by atoms with Crippen LogP contribution in [-0.2, 0) is 0 Å². The third kappa shape index (κ3) is 2.91. The maximum absolute atomic E-state index is 12.1. The van der Waals surface area contributed by atoms with Gasteiger partial charge in [-0.3, -0.25) is 4.79 Å². The molecule has 0 bridgehead atoms. The normalized spacial score (nSPS) is 23.1. The molecule has 2 unspecified atom stereocenters. The van der Waals surface area contributed by atoms with Gasteiger partial charge in [-0.25, -0.2) is 0 Å². The van der Waals surface area contributed by atoms with Gasteiger partial charge < -0.3 is 11.1 Å². The first-order valence-corrected chi connectivity index (χ1v) is 6.69. The molecule has 0 aromatic heterocycles. The van der Waals surface area contributed by atoms with Crippen LogP contribution >= 0.6 is 0 Å². The van der Waals surface area contributed by atoms with Gasteiger partial charge in [-0.05, 0) is 44.2 Å². The van der Waals surface area contributed by atoms with Gasteiger partial charge in [0.15, 0.2) is 0 Å². The fraction of sp³-hybridized carbons (Fsp3) is 0.533. The predicted octanol–water partition coefficient (Wildman–Crippen LogP) is 2.16. The van der Waals surface area contributed by atoms with Gasteiger partial charge in [-0.15, -0.1) is 0 Å². The van der Waals surface area contributed by atoms with Gasteiger partial charge in [0.05, 0.1) is 0 Å². The molecule has 0 aliphatic heterocycles. The van der Waals surface area contributed by atoms with Crippen molar-refractivity contribution in [1.82, 2.24) is 5.32 Å². The molecular weight excluding hydrogens is 224 g/mol. The number of nitrogens with one attached hydrogen (secondary N) is 1. The molecule has 0 saturated heterocycles. The van der Waals surface area contributed by atoms with E-state index in [2.05, 4.69) is 5.32 Å². The van der Waals surface area contributed by atoms with Crippen molar-refractivity contribution in [2.75, 3.05) is 6.54 Å². The van der Waals surface area contributed by atoms with Crippen molar-refractivity contribution in [2.45, 2.75) is 39.2 Å². The zero-order valence-electron chi connectivity index (χ0n) is 11.2. The van der Waals surface area contributed by atoms with Crippen molar-refractivity contribution in [3.05, 3.63) is 34.9 Å². The number of hydrogen-bond acceptors (Lipinski definition) is 2. The second-order valence-electron chi connectivity index (χ2n) is 5.38. The van der Waals surface area contributed by atoms with Crippen molar-refractivity contribution >= 4 is 5.91 Å². The van der Waals surface area contributed by atoms with Crippen LogP contribution in [-0.4, -0.2) is 18.5 Å². The van der Waals surface area contributed by atoms with E-state index in [0.29, 0.717) is 12.5 Å². The molecule has 2 rings (SSSR count). The third-order valence-corrected chi connectivity index (χ3v) is 3.87. The van der Waals surface area contributed by atoms with Crippen molar-refractivity contribution in [3.63, 3.8) is 0 Å². The first-order chi connectivity index (χ1) is 8.58. The minimum absolute atomic E-state index is 0.0200. The molecule has 1 aliphatic carbocycles. The molecule has 0 heterocycles. The average Bonchev–Trinajstić information content (AvgIpc) is 2.72. The van der Waals surface area contributed by atoms with Crippen molar-refractivity contribution in [1.29, 1.82) is 0 Å². The van der Waals surface area contributed by atoms with Gasteiger partial charge in [-0.1, -0.05) is 24.1 Å². The molecule has 18 heavy (non-hydrogen) atoms. The van der Waals surface area contributed by atoms with E-state index in [-0.39, 0.29) is 11.9 Å². The lowest BCUT2D eigenvalue weighted by molar-refractivity contribution is 0.0946. The summed E-state index contributed by atoms with van der Waals surface area (Å²) in [5, 5.41) is 3.01. The zero-order chi connectivity index (χ0) is 13.1. The van der Waals surface area contributed by atoms with Crippen LogP contribution in [0.5, 0.6) is 0 Å². The Bertz CT molecular complexity index is 442. The monoisotopic (exact) mass is 246 g/mol. The first kappa shape index (κ1) is 13.1. The van der Waals surface area contributed by atoms with Crippen LogP contribution in [0.25, 0.3) is 0 Å². The Hall–Kier alpha value is -1.35. The Kier molecular flexibility index (Phi) is 4.02. The first-order valence-electron chi connectivity index (χ1n) is 6.69. The molecule has 1 saturated carbocycles. The maximum atomic E-state index is 12.1. The van der Waals surface area contributed by atoms with E-state index < -0.39 is 0 Å². The van der Waals surface area contributed by atoms with E-state index >= 15 is 0 Å². The minimum Gasteiger partial charge on any atom is -0.352 e. The molecule has 1 amide bonds. The molecule has 3 heteroatoms. The Morgan fingerprint density at radius 2 is 2.17 bits per heavy atom. The summed E-state index contributed by atoms with van der Waals surface area (Å²) in [6, 6.07) is 6.16. The van der Waals surface area contributed by atoms with E-state index in [1.165, 1.54) is 12.0 Å². The van der Waals surface area contributed by atoms with Crippen LogP contribution in [0.15, 0.2) is 18.2 Å². The van der Waals surface area contributed by atoms with Crippen LogP contribution in [0, 0.1) is 19.8 Å². The van der Waals surface area contributed by atoms with E-state index in [4.69, 9.17) is 5.73 Å². The highest BCUT2D eigenvalue weighted by atomic mass is 16.1. The Morgan fingerprint density at radius 3 is 2.78 bits per heavy atom. The summed E-state index contributed by atoms with van der Waals surface area (Å²) in [6.45, 7) is 4.71. The Labute approximate surface area is 109 Å². The third-order valence-electron chi connectivity index (χ3n) is 3.87. The number of rotatable bonds is 3. The second kappa shape index (κ2) is 5.53. The Balaban J connectivity index is 1.95. The summed E-state index contributed by atoms with van der Waals surface area (Å²) in [4.78, 5) is 12.1. The summed E-state index contributed by atoms with van der Waals surface area (Å²) in [5.74, 6) is 0.464. The zero-order valence-corrected chi connectivity index (χ0v) is 11.2. The summed E-state index contributed by atoms with van der Waals surface area (Å²) in [5.41, 5.74) is 8.99. The molecule has 0 radical (unpaired) electrons. The van der Waals surface area contributed by atoms with Crippen molar-refractivity contribution in [2.24, 2.45) is 11.7 Å². The predicted molar refractivity (Wildman–Crippen MR) is 73.6 cm³/mol. The average molecular weight is 246 g/mol. The Morgan fingerprint density at radius 1 is 1.39 bits per heavy atom. The molecule has 3 N–H and O–H groups in total. The highest BCUT2D eigenvalue weighted by molar-refractivity contribution is 5.95. The topological polar surface area (TPSA) is 55.1 Å². The second-order valence-corrected chi connectivity index (χ2v) is 5.38. The quantitative estimate of drug-likeness (QED) is 0.858. The highest BCUT2D eigenvalue weighted by Gasteiger charge is 2.24. The summed E-state index contributed by atoms with van der Waals surface area (Å²) < 4.78 is 0. The number of aryl methyl sites for hydroxylation is 2. The van der Waals surface area contributed by atoms with Gasteiger partial charge >= 0.3 is 0 Å².